The van der Waals surface area contributed by atoms with E-state index in [0.29, 0.717) is 6.54 Å². The number of carbonyl (C=O) groups is 1. The summed E-state index contributed by atoms with van der Waals surface area (Å²) in [6.45, 7) is 6.50. The molecule has 1 unspecified atom stereocenters. The van der Waals surface area contributed by atoms with E-state index in [2.05, 4.69) is 16.8 Å². The number of rotatable bonds is 3. The SMILES string of the molecule is CC1CCN(C(=O)CN2CCCC(c3nc4ccccc4o3)C2)CC1. The highest BCUT2D eigenvalue weighted by Gasteiger charge is 2.28. The molecule has 5 nitrogen and oxygen atoms in total. The maximum Gasteiger partial charge on any atom is 0.236 e. The number of amides is 1. The molecule has 2 aliphatic heterocycles. The van der Waals surface area contributed by atoms with Gasteiger partial charge in [-0.25, -0.2) is 4.98 Å². The highest BCUT2D eigenvalue weighted by molar-refractivity contribution is 5.78. The monoisotopic (exact) mass is 341 g/mol. The summed E-state index contributed by atoms with van der Waals surface area (Å²) in [5.41, 5.74) is 1.78. The van der Waals surface area contributed by atoms with Gasteiger partial charge in [-0.05, 0) is 50.3 Å². The van der Waals surface area contributed by atoms with Crippen molar-refractivity contribution in [1.82, 2.24) is 14.8 Å². The van der Waals surface area contributed by atoms with Crippen LogP contribution in [0.2, 0.25) is 0 Å². The first-order valence-corrected chi connectivity index (χ1v) is 9.54. The van der Waals surface area contributed by atoms with E-state index in [-0.39, 0.29) is 11.8 Å². The third-order valence-electron chi connectivity index (χ3n) is 5.66. The summed E-state index contributed by atoms with van der Waals surface area (Å²) in [6.07, 6.45) is 4.45. The Kier molecular flexibility index (Phi) is 4.75. The molecule has 0 N–H and O–H groups in total. The number of fused-ring (bicyclic) bond motifs is 1. The molecule has 0 spiro atoms. The maximum absolute atomic E-state index is 12.6. The van der Waals surface area contributed by atoms with Crippen LogP contribution in [0, 0.1) is 5.92 Å². The number of nitrogens with zero attached hydrogens (tertiary/aromatic N) is 3. The first-order chi connectivity index (χ1) is 12.2. The summed E-state index contributed by atoms with van der Waals surface area (Å²) >= 11 is 0. The molecular formula is C20H27N3O2. The first-order valence-electron chi connectivity index (χ1n) is 9.54. The quantitative estimate of drug-likeness (QED) is 0.860. The van der Waals surface area contributed by atoms with E-state index in [1.165, 1.54) is 0 Å². The number of para-hydroxylation sites is 2. The van der Waals surface area contributed by atoms with E-state index in [9.17, 15) is 4.79 Å². The van der Waals surface area contributed by atoms with E-state index < -0.39 is 0 Å². The van der Waals surface area contributed by atoms with E-state index >= 15 is 0 Å². The van der Waals surface area contributed by atoms with Crippen LogP contribution in [0.25, 0.3) is 11.1 Å². The molecule has 1 aromatic heterocycles. The lowest BCUT2D eigenvalue weighted by Gasteiger charge is -2.35. The topological polar surface area (TPSA) is 49.6 Å². The Morgan fingerprint density at radius 2 is 2.00 bits per heavy atom. The molecule has 3 heterocycles. The molecule has 0 bridgehead atoms. The molecular weight excluding hydrogens is 314 g/mol. The van der Waals surface area contributed by atoms with Crippen LogP contribution in [0.3, 0.4) is 0 Å². The number of oxazole rings is 1. The molecule has 2 saturated heterocycles. The van der Waals surface area contributed by atoms with Gasteiger partial charge in [0.05, 0.1) is 6.54 Å². The number of piperidine rings is 2. The van der Waals surface area contributed by atoms with Gasteiger partial charge in [-0.15, -0.1) is 0 Å². The third-order valence-corrected chi connectivity index (χ3v) is 5.66. The van der Waals surface area contributed by atoms with Crippen molar-refractivity contribution in [3.05, 3.63) is 30.2 Å². The highest BCUT2D eigenvalue weighted by atomic mass is 16.3. The number of aromatic nitrogens is 1. The van der Waals surface area contributed by atoms with Gasteiger partial charge in [0.25, 0.3) is 0 Å². The minimum absolute atomic E-state index is 0.283. The van der Waals surface area contributed by atoms with E-state index in [4.69, 9.17) is 4.42 Å². The van der Waals surface area contributed by atoms with Gasteiger partial charge < -0.3 is 9.32 Å². The first kappa shape index (κ1) is 16.6. The van der Waals surface area contributed by atoms with Crippen molar-refractivity contribution >= 4 is 17.0 Å². The molecule has 134 valence electrons. The lowest BCUT2D eigenvalue weighted by atomic mass is 9.97. The van der Waals surface area contributed by atoms with Crippen molar-refractivity contribution < 1.29 is 9.21 Å². The molecule has 5 heteroatoms. The number of likely N-dealkylation sites (tertiary alicyclic amines) is 2. The van der Waals surface area contributed by atoms with Crippen LogP contribution >= 0.6 is 0 Å². The third kappa shape index (κ3) is 3.71. The van der Waals surface area contributed by atoms with Crippen LogP contribution in [0.1, 0.15) is 44.4 Å². The summed E-state index contributed by atoms with van der Waals surface area (Å²) in [5, 5.41) is 0. The Morgan fingerprint density at radius 1 is 1.20 bits per heavy atom. The lowest BCUT2D eigenvalue weighted by Crippen LogP contribution is -2.46. The zero-order chi connectivity index (χ0) is 17.2. The van der Waals surface area contributed by atoms with Gasteiger partial charge >= 0.3 is 0 Å². The van der Waals surface area contributed by atoms with E-state index in [1.54, 1.807) is 0 Å². The summed E-state index contributed by atoms with van der Waals surface area (Å²) in [6, 6.07) is 7.92. The smallest absolute Gasteiger partial charge is 0.236 e. The summed E-state index contributed by atoms with van der Waals surface area (Å²) in [4.78, 5) is 21.6. The molecule has 2 aromatic rings. The molecule has 1 atom stereocenters. The molecule has 0 radical (unpaired) electrons. The van der Waals surface area contributed by atoms with Gasteiger partial charge in [-0.2, -0.15) is 0 Å². The molecule has 4 rings (SSSR count). The van der Waals surface area contributed by atoms with Crippen LogP contribution in [-0.2, 0) is 4.79 Å². The van der Waals surface area contributed by atoms with Crippen molar-refractivity contribution in [2.24, 2.45) is 5.92 Å². The minimum Gasteiger partial charge on any atom is -0.440 e. The number of hydrogen-bond acceptors (Lipinski definition) is 4. The van der Waals surface area contributed by atoms with Crippen molar-refractivity contribution in [3.63, 3.8) is 0 Å². The van der Waals surface area contributed by atoms with Crippen LogP contribution < -0.4 is 0 Å². The Hall–Kier alpha value is -1.88. The van der Waals surface area contributed by atoms with Crippen molar-refractivity contribution in [2.75, 3.05) is 32.7 Å². The van der Waals surface area contributed by atoms with E-state index in [0.717, 1.165) is 74.8 Å². The number of hydrogen-bond donors (Lipinski definition) is 0. The van der Waals surface area contributed by atoms with Gasteiger partial charge in [0.2, 0.25) is 5.91 Å². The lowest BCUT2D eigenvalue weighted by molar-refractivity contribution is -0.134. The van der Waals surface area contributed by atoms with Gasteiger partial charge in [-0.3, -0.25) is 9.69 Å². The Labute approximate surface area is 149 Å². The van der Waals surface area contributed by atoms with Gasteiger partial charge in [0.1, 0.15) is 5.52 Å². The average Bonchev–Trinajstić information content (AvgIpc) is 3.07. The molecule has 2 aliphatic rings. The predicted molar refractivity (Wildman–Crippen MR) is 97.4 cm³/mol. The normalized spacial score (nSPS) is 23.2. The maximum atomic E-state index is 12.6. The largest absolute Gasteiger partial charge is 0.440 e. The Morgan fingerprint density at radius 3 is 2.80 bits per heavy atom. The number of benzene rings is 1. The Bertz CT molecular complexity index is 700. The molecule has 25 heavy (non-hydrogen) atoms. The standard InChI is InChI=1S/C20H27N3O2/c1-15-8-11-23(12-9-15)19(24)14-22-10-4-5-16(13-22)20-21-17-6-2-3-7-18(17)25-20/h2-3,6-7,15-16H,4-5,8-14H2,1H3. The van der Waals surface area contributed by atoms with Crippen LogP contribution in [0.4, 0.5) is 0 Å². The zero-order valence-corrected chi connectivity index (χ0v) is 15.0. The fourth-order valence-electron chi connectivity index (χ4n) is 4.01. The zero-order valence-electron chi connectivity index (χ0n) is 15.0. The van der Waals surface area contributed by atoms with Crippen molar-refractivity contribution in [2.45, 2.75) is 38.5 Å². The summed E-state index contributed by atoms with van der Waals surface area (Å²) in [7, 11) is 0. The second-order valence-electron chi connectivity index (χ2n) is 7.66. The second-order valence-corrected chi connectivity index (χ2v) is 7.66. The highest BCUT2D eigenvalue weighted by Crippen LogP contribution is 2.29. The molecule has 1 amide bonds. The van der Waals surface area contributed by atoms with Gasteiger partial charge in [0.15, 0.2) is 11.5 Å². The summed E-state index contributed by atoms with van der Waals surface area (Å²) in [5.74, 6) is 2.15. The number of carbonyl (C=O) groups excluding carboxylic acids is 1. The van der Waals surface area contributed by atoms with Crippen molar-refractivity contribution in [3.8, 4) is 0 Å². The van der Waals surface area contributed by atoms with Crippen molar-refractivity contribution in [1.29, 1.82) is 0 Å². The molecule has 1 aromatic carbocycles. The second kappa shape index (κ2) is 7.16. The molecule has 2 fully saturated rings. The van der Waals surface area contributed by atoms with Gasteiger partial charge in [-0.1, -0.05) is 19.1 Å². The summed E-state index contributed by atoms with van der Waals surface area (Å²) < 4.78 is 5.96. The fraction of sp³-hybridized carbons (Fsp3) is 0.600. The molecule has 0 aliphatic carbocycles. The van der Waals surface area contributed by atoms with Crippen LogP contribution in [-0.4, -0.2) is 53.4 Å². The van der Waals surface area contributed by atoms with Crippen LogP contribution in [0.15, 0.2) is 28.7 Å². The Balaban J connectivity index is 1.38. The average molecular weight is 341 g/mol. The molecule has 0 saturated carbocycles. The van der Waals surface area contributed by atoms with Crippen LogP contribution in [0.5, 0.6) is 0 Å². The van der Waals surface area contributed by atoms with E-state index in [1.807, 2.05) is 29.2 Å². The minimum atomic E-state index is 0.283. The van der Waals surface area contributed by atoms with Gasteiger partial charge in [0, 0.05) is 25.6 Å². The predicted octanol–water partition coefficient (Wildman–Crippen LogP) is 3.27. The fourth-order valence-corrected chi connectivity index (χ4v) is 4.01.